The quantitative estimate of drug-likeness (QED) is 0.626. The van der Waals surface area contributed by atoms with Crippen molar-refractivity contribution in [1.29, 1.82) is 0 Å². The molecular weight excluding hydrogens is 404 g/mol. The maximum absolute atomic E-state index is 12.5. The van der Waals surface area contributed by atoms with E-state index in [1.165, 1.54) is 5.56 Å². The summed E-state index contributed by atoms with van der Waals surface area (Å²) >= 11 is 1.60. The summed E-state index contributed by atoms with van der Waals surface area (Å²) in [7, 11) is 2.18. The maximum atomic E-state index is 12.5. The monoisotopic (exact) mass is 434 g/mol. The van der Waals surface area contributed by atoms with Gasteiger partial charge in [-0.3, -0.25) is 9.69 Å². The summed E-state index contributed by atoms with van der Waals surface area (Å²) in [5.74, 6) is -0.0364. The molecule has 0 spiro atoms. The smallest absolute Gasteiger partial charge is 0.230 e. The lowest BCUT2D eigenvalue weighted by Gasteiger charge is -2.32. The number of piperazine rings is 1. The van der Waals surface area contributed by atoms with Crippen molar-refractivity contribution in [3.8, 4) is 10.6 Å². The van der Waals surface area contributed by atoms with E-state index in [-0.39, 0.29) is 12.3 Å². The normalized spacial score (nSPS) is 15.2. The van der Waals surface area contributed by atoms with Gasteiger partial charge in [0.25, 0.3) is 0 Å². The van der Waals surface area contributed by atoms with Crippen LogP contribution in [0.25, 0.3) is 10.6 Å². The van der Waals surface area contributed by atoms with E-state index in [0.717, 1.165) is 65.8 Å². The van der Waals surface area contributed by atoms with Crippen LogP contribution in [0.15, 0.2) is 47.8 Å². The number of likely N-dealkylation sites (N-methyl/N-ethyl adjacent to an activating group) is 1. The second-order valence-electron chi connectivity index (χ2n) is 8.53. The van der Waals surface area contributed by atoms with Crippen LogP contribution in [0.5, 0.6) is 0 Å². The lowest BCUT2D eigenvalue weighted by molar-refractivity contribution is -0.115. The molecule has 1 amide bonds. The third-order valence-corrected chi connectivity index (χ3v) is 6.52. The third-order valence-electron chi connectivity index (χ3n) is 5.57. The van der Waals surface area contributed by atoms with Crippen molar-refractivity contribution >= 4 is 22.9 Å². The number of thiazole rings is 1. The summed E-state index contributed by atoms with van der Waals surface area (Å²) in [6.07, 6.45) is 0.282. The summed E-state index contributed by atoms with van der Waals surface area (Å²) in [6, 6.07) is 14.7. The van der Waals surface area contributed by atoms with Crippen LogP contribution in [0, 0.1) is 13.8 Å². The van der Waals surface area contributed by atoms with Gasteiger partial charge < -0.3 is 10.2 Å². The molecule has 0 unspecified atom stereocenters. The van der Waals surface area contributed by atoms with E-state index in [2.05, 4.69) is 52.5 Å². The zero-order valence-corrected chi connectivity index (χ0v) is 19.3. The fourth-order valence-electron chi connectivity index (χ4n) is 4.00. The Balaban J connectivity index is 1.38. The number of benzene rings is 2. The predicted molar refractivity (Wildman–Crippen MR) is 129 cm³/mol. The van der Waals surface area contributed by atoms with E-state index < -0.39 is 0 Å². The summed E-state index contributed by atoms with van der Waals surface area (Å²) in [5, 5.41) is 5.95. The molecule has 1 fully saturated rings. The van der Waals surface area contributed by atoms with Crippen molar-refractivity contribution < 1.29 is 4.79 Å². The number of nitrogens with one attached hydrogen (secondary N) is 1. The molecule has 0 aliphatic carbocycles. The molecule has 5 nitrogen and oxygen atoms in total. The van der Waals surface area contributed by atoms with Crippen molar-refractivity contribution in [1.82, 2.24) is 14.8 Å². The molecule has 1 saturated heterocycles. The van der Waals surface area contributed by atoms with E-state index >= 15 is 0 Å². The molecule has 1 aliphatic rings. The molecule has 2 aromatic carbocycles. The van der Waals surface area contributed by atoms with E-state index in [1.54, 1.807) is 11.3 Å². The minimum absolute atomic E-state index is 0.0364. The fraction of sp³-hybridized carbons (Fsp3) is 0.360. The fourth-order valence-corrected chi connectivity index (χ4v) is 4.82. The number of hydrogen-bond acceptors (Lipinski definition) is 5. The van der Waals surface area contributed by atoms with Crippen LogP contribution in [0.1, 0.15) is 22.4 Å². The molecule has 0 radical (unpaired) electrons. The number of carbonyl (C=O) groups is 1. The van der Waals surface area contributed by atoms with Gasteiger partial charge in [-0.05, 0) is 55.8 Å². The van der Waals surface area contributed by atoms with Crippen LogP contribution in [-0.4, -0.2) is 53.9 Å². The molecule has 31 heavy (non-hydrogen) atoms. The third kappa shape index (κ3) is 6.00. The summed E-state index contributed by atoms with van der Waals surface area (Å²) in [5.41, 5.74) is 6.37. The number of aromatic nitrogens is 1. The second-order valence-corrected chi connectivity index (χ2v) is 9.38. The molecule has 3 aromatic rings. The average molecular weight is 435 g/mol. The van der Waals surface area contributed by atoms with Gasteiger partial charge in [-0.15, -0.1) is 11.3 Å². The first-order valence-corrected chi connectivity index (χ1v) is 11.7. The second kappa shape index (κ2) is 9.73. The van der Waals surface area contributed by atoms with Crippen LogP contribution in [-0.2, 0) is 17.8 Å². The molecule has 0 saturated carbocycles. The number of amides is 1. The van der Waals surface area contributed by atoms with Crippen LogP contribution in [0.2, 0.25) is 0 Å². The van der Waals surface area contributed by atoms with E-state index in [4.69, 9.17) is 4.98 Å². The van der Waals surface area contributed by atoms with Gasteiger partial charge >= 0.3 is 0 Å². The van der Waals surface area contributed by atoms with Gasteiger partial charge in [0.05, 0.1) is 12.1 Å². The minimum atomic E-state index is -0.0364. The van der Waals surface area contributed by atoms with E-state index in [1.807, 2.05) is 31.4 Å². The number of aryl methyl sites for hydroxylation is 2. The van der Waals surface area contributed by atoms with Crippen molar-refractivity contribution in [2.75, 3.05) is 38.5 Å². The molecule has 162 valence electrons. The first-order valence-electron chi connectivity index (χ1n) is 10.8. The highest BCUT2D eigenvalue weighted by atomic mass is 32.1. The maximum Gasteiger partial charge on any atom is 0.230 e. The molecule has 1 N–H and O–H groups in total. The number of rotatable bonds is 6. The molecule has 0 atom stereocenters. The summed E-state index contributed by atoms with van der Waals surface area (Å²) in [6.45, 7) is 9.51. The Hall–Kier alpha value is -2.54. The highest BCUT2D eigenvalue weighted by Crippen LogP contribution is 2.25. The first kappa shape index (κ1) is 21.7. The van der Waals surface area contributed by atoms with Crippen LogP contribution in [0.4, 0.5) is 5.69 Å². The highest BCUT2D eigenvalue weighted by molar-refractivity contribution is 7.13. The Labute approximate surface area is 188 Å². The van der Waals surface area contributed by atoms with Crippen molar-refractivity contribution in [3.05, 3.63) is 70.2 Å². The number of anilines is 1. The van der Waals surface area contributed by atoms with Gasteiger partial charge in [-0.1, -0.05) is 24.3 Å². The Kier molecular flexibility index (Phi) is 6.80. The van der Waals surface area contributed by atoms with Crippen molar-refractivity contribution in [2.24, 2.45) is 0 Å². The Morgan fingerprint density at radius 2 is 1.81 bits per heavy atom. The number of carbonyl (C=O) groups excluding carboxylic acids is 1. The minimum Gasteiger partial charge on any atom is -0.326 e. The van der Waals surface area contributed by atoms with Gasteiger partial charge in [0, 0.05) is 49.4 Å². The standard InChI is InChI=1S/C25H30N4OS/c1-18-11-19(2)13-22(12-18)26-24(30)15-23-17-31-25(27-23)21-6-4-5-20(14-21)16-29-9-7-28(3)8-10-29/h4-6,11-14,17H,7-10,15-16H2,1-3H3,(H,26,30). The molecule has 6 heteroatoms. The summed E-state index contributed by atoms with van der Waals surface area (Å²) < 4.78 is 0. The van der Waals surface area contributed by atoms with Gasteiger partial charge in [0.2, 0.25) is 5.91 Å². The highest BCUT2D eigenvalue weighted by Gasteiger charge is 2.15. The molecule has 1 aliphatic heterocycles. The molecule has 2 heterocycles. The molecule has 0 bridgehead atoms. The van der Waals surface area contributed by atoms with E-state index in [0.29, 0.717) is 0 Å². The number of hydrogen-bond donors (Lipinski definition) is 1. The lowest BCUT2D eigenvalue weighted by atomic mass is 10.1. The van der Waals surface area contributed by atoms with Gasteiger partial charge in [0.1, 0.15) is 5.01 Å². The summed E-state index contributed by atoms with van der Waals surface area (Å²) in [4.78, 5) is 22.1. The van der Waals surface area contributed by atoms with Crippen LogP contribution < -0.4 is 5.32 Å². The molecule has 4 rings (SSSR count). The average Bonchev–Trinajstić information content (AvgIpc) is 3.17. The molecular formula is C25H30N4OS. The van der Waals surface area contributed by atoms with Gasteiger partial charge in [-0.2, -0.15) is 0 Å². The van der Waals surface area contributed by atoms with E-state index in [9.17, 15) is 4.79 Å². The van der Waals surface area contributed by atoms with Gasteiger partial charge in [-0.25, -0.2) is 4.98 Å². The number of nitrogens with zero attached hydrogens (tertiary/aromatic N) is 3. The van der Waals surface area contributed by atoms with Crippen LogP contribution >= 0.6 is 11.3 Å². The Bertz CT molecular complexity index is 1030. The van der Waals surface area contributed by atoms with Crippen LogP contribution in [0.3, 0.4) is 0 Å². The zero-order chi connectivity index (χ0) is 21.8. The first-order chi connectivity index (χ1) is 14.9. The Morgan fingerprint density at radius 1 is 1.06 bits per heavy atom. The Morgan fingerprint density at radius 3 is 2.55 bits per heavy atom. The molecule has 1 aromatic heterocycles. The van der Waals surface area contributed by atoms with Gasteiger partial charge in [0.15, 0.2) is 0 Å². The topological polar surface area (TPSA) is 48.5 Å². The predicted octanol–water partition coefficient (Wildman–Crippen LogP) is 4.36. The van der Waals surface area contributed by atoms with Crippen molar-refractivity contribution in [2.45, 2.75) is 26.8 Å². The van der Waals surface area contributed by atoms with Crippen molar-refractivity contribution in [3.63, 3.8) is 0 Å². The SMILES string of the molecule is Cc1cc(C)cc(NC(=O)Cc2csc(-c3cccc(CN4CCN(C)CC4)c3)n2)c1. The lowest BCUT2D eigenvalue weighted by Crippen LogP contribution is -2.43. The largest absolute Gasteiger partial charge is 0.326 e. The zero-order valence-electron chi connectivity index (χ0n) is 18.5.